The SMILES string of the molecule is Cc1cc(-c2csc(CN)n2)c(C)o1. The summed E-state index contributed by atoms with van der Waals surface area (Å²) in [6.07, 6.45) is 0. The largest absolute Gasteiger partial charge is 0.466 e. The highest BCUT2D eigenvalue weighted by atomic mass is 32.1. The lowest BCUT2D eigenvalue weighted by Gasteiger charge is -1.90. The molecule has 0 aliphatic heterocycles. The van der Waals surface area contributed by atoms with Crippen molar-refractivity contribution in [2.45, 2.75) is 20.4 Å². The monoisotopic (exact) mass is 208 g/mol. The quantitative estimate of drug-likeness (QED) is 0.824. The second-order valence-electron chi connectivity index (χ2n) is 3.16. The van der Waals surface area contributed by atoms with E-state index in [1.54, 1.807) is 11.3 Å². The van der Waals surface area contributed by atoms with Crippen LogP contribution in [0.3, 0.4) is 0 Å². The minimum atomic E-state index is 0.501. The summed E-state index contributed by atoms with van der Waals surface area (Å²) in [5, 5.41) is 2.97. The lowest BCUT2D eigenvalue weighted by atomic mass is 10.2. The Morgan fingerprint density at radius 3 is 2.79 bits per heavy atom. The Bertz CT molecular complexity index is 445. The van der Waals surface area contributed by atoms with Gasteiger partial charge in [0.1, 0.15) is 16.5 Å². The van der Waals surface area contributed by atoms with Crippen molar-refractivity contribution in [2.24, 2.45) is 5.73 Å². The second kappa shape index (κ2) is 3.55. The third-order valence-electron chi connectivity index (χ3n) is 2.04. The summed E-state index contributed by atoms with van der Waals surface area (Å²) in [6, 6.07) is 2.00. The summed E-state index contributed by atoms with van der Waals surface area (Å²) >= 11 is 1.58. The van der Waals surface area contributed by atoms with Crippen molar-refractivity contribution < 1.29 is 4.42 Å². The van der Waals surface area contributed by atoms with Gasteiger partial charge in [-0.25, -0.2) is 4.98 Å². The van der Waals surface area contributed by atoms with Crippen molar-refractivity contribution in [1.29, 1.82) is 0 Å². The van der Waals surface area contributed by atoms with Crippen LogP contribution in [0, 0.1) is 13.8 Å². The van der Waals surface area contributed by atoms with Gasteiger partial charge in [-0.1, -0.05) is 0 Å². The molecule has 0 radical (unpaired) electrons. The highest BCUT2D eigenvalue weighted by Crippen LogP contribution is 2.27. The van der Waals surface area contributed by atoms with Crippen molar-refractivity contribution in [2.75, 3.05) is 0 Å². The van der Waals surface area contributed by atoms with Gasteiger partial charge in [0.2, 0.25) is 0 Å². The first-order valence-electron chi connectivity index (χ1n) is 4.42. The number of nitrogens with two attached hydrogens (primary N) is 1. The molecule has 3 nitrogen and oxygen atoms in total. The third-order valence-corrected chi connectivity index (χ3v) is 2.91. The van der Waals surface area contributed by atoms with Crippen LogP contribution in [0.15, 0.2) is 15.9 Å². The normalized spacial score (nSPS) is 10.8. The van der Waals surface area contributed by atoms with E-state index in [1.807, 2.05) is 25.3 Å². The summed E-state index contributed by atoms with van der Waals surface area (Å²) in [5.41, 5.74) is 7.54. The van der Waals surface area contributed by atoms with Crippen LogP contribution in [-0.4, -0.2) is 4.98 Å². The molecule has 14 heavy (non-hydrogen) atoms. The topological polar surface area (TPSA) is 52.0 Å². The van der Waals surface area contributed by atoms with E-state index in [2.05, 4.69) is 4.98 Å². The molecule has 0 unspecified atom stereocenters. The van der Waals surface area contributed by atoms with Crippen LogP contribution in [0.2, 0.25) is 0 Å². The molecule has 0 aliphatic rings. The van der Waals surface area contributed by atoms with Crippen LogP contribution >= 0.6 is 11.3 Å². The lowest BCUT2D eigenvalue weighted by molar-refractivity contribution is 0.505. The Morgan fingerprint density at radius 2 is 2.29 bits per heavy atom. The van der Waals surface area contributed by atoms with Gasteiger partial charge in [-0.05, 0) is 19.9 Å². The summed E-state index contributed by atoms with van der Waals surface area (Å²) in [6.45, 7) is 4.39. The van der Waals surface area contributed by atoms with Crippen molar-refractivity contribution in [3.8, 4) is 11.3 Å². The molecule has 2 rings (SSSR count). The molecule has 0 bridgehead atoms. The maximum absolute atomic E-state index is 5.51. The van der Waals surface area contributed by atoms with Crippen LogP contribution in [-0.2, 0) is 6.54 Å². The molecule has 0 saturated heterocycles. The average molecular weight is 208 g/mol. The number of aryl methyl sites for hydroxylation is 2. The molecule has 2 heterocycles. The molecule has 2 aromatic rings. The zero-order valence-electron chi connectivity index (χ0n) is 8.20. The van der Waals surface area contributed by atoms with Crippen LogP contribution in [0.4, 0.5) is 0 Å². The molecular weight excluding hydrogens is 196 g/mol. The standard InChI is InChI=1S/C10H12N2OS/c1-6-3-8(7(2)13-6)9-5-14-10(4-11)12-9/h3,5H,4,11H2,1-2H3. The average Bonchev–Trinajstić information content (AvgIpc) is 2.71. The van der Waals surface area contributed by atoms with E-state index in [9.17, 15) is 0 Å². The number of hydrogen-bond donors (Lipinski definition) is 1. The van der Waals surface area contributed by atoms with Gasteiger partial charge < -0.3 is 10.2 Å². The Hall–Kier alpha value is -1.13. The number of furan rings is 1. The van der Waals surface area contributed by atoms with Gasteiger partial charge in [-0.2, -0.15) is 0 Å². The molecule has 0 saturated carbocycles. The minimum absolute atomic E-state index is 0.501. The van der Waals surface area contributed by atoms with E-state index in [0.717, 1.165) is 27.8 Å². The first-order valence-corrected chi connectivity index (χ1v) is 5.30. The third kappa shape index (κ3) is 1.58. The van der Waals surface area contributed by atoms with Gasteiger partial charge in [0.15, 0.2) is 0 Å². The van der Waals surface area contributed by atoms with Gasteiger partial charge in [0.25, 0.3) is 0 Å². The highest BCUT2D eigenvalue weighted by molar-refractivity contribution is 7.09. The Morgan fingerprint density at radius 1 is 1.50 bits per heavy atom. The van der Waals surface area contributed by atoms with E-state index in [1.165, 1.54) is 0 Å². The Labute approximate surface area is 86.6 Å². The first kappa shape index (κ1) is 9.43. The molecule has 74 valence electrons. The predicted octanol–water partition coefficient (Wildman–Crippen LogP) is 2.48. The summed E-state index contributed by atoms with van der Waals surface area (Å²) in [5.74, 6) is 1.83. The highest BCUT2D eigenvalue weighted by Gasteiger charge is 2.10. The van der Waals surface area contributed by atoms with E-state index in [4.69, 9.17) is 10.2 Å². The van der Waals surface area contributed by atoms with Gasteiger partial charge in [0, 0.05) is 17.5 Å². The summed E-state index contributed by atoms with van der Waals surface area (Å²) in [4.78, 5) is 4.41. The van der Waals surface area contributed by atoms with E-state index < -0.39 is 0 Å². The first-order chi connectivity index (χ1) is 6.70. The van der Waals surface area contributed by atoms with Crippen LogP contribution in [0.25, 0.3) is 11.3 Å². The van der Waals surface area contributed by atoms with Crippen molar-refractivity contribution in [3.05, 3.63) is 28.0 Å². The van der Waals surface area contributed by atoms with Gasteiger partial charge in [0.05, 0.1) is 5.69 Å². The Balaban J connectivity index is 2.43. The smallest absolute Gasteiger partial charge is 0.110 e. The molecule has 0 atom stereocenters. The zero-order chi connectivity index (χ0) is 10.1. The molecular formula is C10H12N2OS. The fourth-order valence-corrected chi connectivity index (χ4v) is 2.09. The fourth-order valence-electron chi connectivity index (χ4n) is 1.41. The van der Waals surface area contributed by atoms with Crippen LogP contribution in [0.5, 0.6) is 0 Å². The molecule has 4 heteroatoms. The molecule has 0 amide bonds. The molecule has 2 N–H and O–H groups in total. The van der Waals surface area contributed by atoms with E-state index >= 15 is 0 Å². The molecule has 0 aromatic carbocycles. The summed E-state index contributed by atoms with van der Waals surface area (Å²) < 4.78 is 5.45. The number of hydrogen-bond acceptors (Lipinski definition) is 4. The molecule has 0 aliphatic carbocycles. The molecule has 0 spiro atoms. The predicted molar refractivity (Wildman–Crippen MR) is 57.2 cm³/mol. The van der Waals surface area contributed by atoms with Crippen molar-refractivity contribution in [1.82, 2.24) is 4.98 Å². The number of aromatic nitrogens is 1. The number of thiazole rings is 1. The fraction of sp³-hybridized carbons (Fsp3) is 0.300. The van der Waals surface area contributed by atoms with Crippen LogP contribution < -0.4 is 5.73 Å². The van der Waals surface area contributed by atoms with Gasteiger partial charge in [-0.15, -0.1) is 11.3 Å². The second-order valence-corrected chi connectivity index (χ2v) is 4.10. The van der Waals surface area contributed by atoms with Gasteiger partial charge in [-0.3, -0.25) is 0 Å². The maximum Gasteiger partial charge on any atom is 0.110 e. The maximum atomic E-state index is 5.51. The minimum Gasteiger partial charge on any atom is -0.466 e. The Kier molecular flexibility index (Phi) is 2.39. The van der Waals surface area contributed by atoms with E-state index in [0.29, 0.717) is 6.54 Å². The van der Waals surface area contributed by atoms with Crippen molar-refractivity contribution in [3.63, 3.8) is 0 Å². The van der Waals surface area contributed by atoms with Crippen LogP contribution in [0.1, 0.15) is 16.5 Å². The molecule has 2 aromatic heterocycles. The zero-order valence-corrected chi connectivity index (χ0v) is 9.02. The van der Waals surface area contributed by atoms with Crippen molar-refractivity contribution >= 4 is 11.3 Å². The lowest BCUT2D eigenvalue weighted by Crippen LogP contribution is -1.94. The molecule has 0 fully saturated rings. The van der Waals surface area contributed by atoms with E-state index in [-0.39, 0.29) is 0 Å². The number of rotatable bonds is 2. The van der Waals surface area contributed by atoms with Gasteiger partial charge >= 0.3 is 0 Å². The number of nitrogens with zero attached hydrogens (tertiary/aromatic N) is 1. The summed E-state index contributed by atoms with van der Waals surface area (Å²) in [7, 11) is 0.